The molecule has 1 amide bonds. The molecular formula is C22H21ClN2O2. The Hall–Kier alpha value is -2.59. The zero-order chi connectivity index (χ0) is 18.8. The minimum Gasteiger partial charge on any atom is -0.348 e. The maximum atomic E-state index is 12.7. The molecule has 1 saturated carbocycles. The average molecular weight is 381 g/mol. The van der Waals surface area contributed by atoms with Crippen LogP contribution in [0.3, 0.4) is 0 Å². The van der Waals surface area contributed by atoms with Crippen molar-refractivity contribution in [1.82, 2.24) is 10.3 Å². The van der Waals surface area contributed by atoms with Crippen LogP contribution in [0.4, 0.5) is 0 Å². The summed E-state index contributed by atoms with van der Waals surface area (Å²) in [5, 5.41) is 5.20. The van der Waals surface area contributed by atoms with Crippen LogP contribution in [0.15, 0.2) is 59.4 Å². The number of fused-ring (bicyclic) bond motifs is 1. The number of aromatic amines is 1. The SMILES string of the molecule is O=C(NC1CCCC(c2cccc(Cl)c2)C1)c1cc2ccccc2c(=O)[nH]1. The summed E-state index contributed by atoms with van der Waals surface area (Å²) in [6.45, 7) is 0. The van der Waals surface area contributed by atoms with Crippen LogP contribution >= 0.6 is 11.6 Å². The number of benzene rings is 2. The van der Waals surface area contributed by atoms with E-state index in [1.807, 2.05) is 36.4 Å². The van der Waals surface area contributed by atoms with Crippen molar-refractivity contribution in [2.75, 3.05) is 0 Å². The van der Waals surface area contributed by atoms with Gasteiger partial charge < -0.3 is 10.3 Å². The Kier molecular flexibility index (Phi) is 4.99. The predicted octanol–water partition coefficient (Wildman–Crippen LogP) is 4.64. The van der Waals surface area contributed by atoms with E-state index < -0.39 is 0 Å². The summed E-state index contributed by atoms with van der Waals surface area (Å²) in [6.07, 6.45) is 3.97. The highest BCUT2D eigenvalue weighted by molar-refractivity contribution is 6.30. The van der Waals surface area contributed by atoms with E-state index in [1.165, 1.54) is 5.56 Å². The minimum absolute atomic E-state index is 0.0882. The van der Waals surface area contributed by atoms with Gasteiger partial charge in [-0.2, -0.15) is 0 Å². The highest BCUT2D eigenvalue weighted by atomic mass is 35.5. The van der Waals surface area contributed by atoms with Crippen LogP contribution in [-0.4, -0.2) is 16.9 Å². The van der Waals surface area contributed by atoms with E-state index in [0.29, 0.717) is 17.0 Å². The molecule has 0 radical (unpaired) electrons. The monoisotopic (exact) mass is 380 g/mol. The van der Waals surface area contributed by atoms with Gasteiger partial charge in [0.15, 0.2) is 0 Å². The molecule has 0 aliphatic heterocycles. The molecule has 3 aromatic rings. The smallest absolute Gasteiger partial charge is 0.268 e. The van der Waals surface area contributed by atoms with Crippen LogP contribution < -0.4 is 10.9 Å². The van der Waals surface area contributed by atoms with Crippen LogP contribution in [0.5, 0.6) is 0 Å². The lowest BCUT2D eigenvalue weighted by atomic mass is 9.81. The number of rotatable bonds is 3. The van der Waals surface area contributed by atoms with Gasteiger partial charge in [-0.25, -0.2) is 0 Å². The maximum absolute atomic E-state index is 12.7. The summed E-state index contributed by atoms with van der Waals surface area (Å²) in [4.78, 5) is 27.6. The molecule has 4 nitrogen and oxygen atoms in total. The summed E-state index contributed by atoms with van der Waals surface area (Å²) < 4.78 is 0. The van der Waals surface area contributed by atoms with E-state index in [1.54, 1.807) is 12.1 Å². The predicted molar refractivity (Wildman–Crippen MR) is 108 cm³/mol. The van der Waals surface area contributed by atoms with Gasteiger partial charge in [-0.05, 0) is 60.4 Å². The van der Waals surface area contributed by atoms with Crippen LogP contribution in [0.25, 0.3) is 10.8 Å². The molecule has 2 atom stereocenters. The first-order chi connectivity index (χ1) is 13.1. The van der Waals surface area contributed by atoms with Gasteiger partial charge in [0.2, 0.25) is 0 Å². The highest BCUT2D eigenvalue weighted by Crippen LogP contribution is 2.34. The molecule has 2 aromatic carbocycles. The Morgan fingerprint density at radius 3 is 2.78 bits per heavy atom. The zero-order valence-corrected chi connectivity index (χ0v) is 15.6. The summed E-state index contributed by atoms with van der Waals surface area (Å²) in [6, 6.07) is 17.1. The Morgan fingerprint density at radius 2 is 1.93 bits per heavy atom. The third kappa shape index (κ3) is 3.91. The molecule has 2 unspecified atom stereocenters. The molecule has 1 fully saturated rings. The van der Waals surface area contributed by atoms with Crippen molar-refractivity contribution in [3.8, 4) is 0 Å². The van der Waals surface area contributed by atoms with Gasteiger partial charge in [0.1, 0.15) is 5.69 Å². The number of nitrogens with one attached hydrogen (secondary N) is 2. The van der Waals surface area contributed by atoms with Gasteiger partial charge in [0.05, 0.1) is 0 Å². The number of amides is 1. The van der Waals surface area contributed by atoms with Gasteiger partial charge >= 0.3 is 0 Å². The van der Waals surface area contributed by atoms with E-state index in [0.717, 1.165) is 36.1 Å². The second-order valence-corrected chi connectivity index (χ2v) is 7.62. The third-order valence-electron chi connectivity index (χ3n) is 5.33. The minimum atomic E-state index is -0.237. The lowest BCUT2D eigenvalue weighted by molar-refractivity contribution is 0.0920. The van der Waals surface area contributed by atoms with Crippen LogP contribution in [-0.2, 0) is 0 Å². The fraction of sp³-hybridized carbons (Fsp3) is 0.273. The number of pyridine rings is 1. The van der Waals surface area contributed by atoms with Crippen LogP contribution in [0.1, 0.15) is 47.7 Å². The first-order valence-electron chi connectivity index (χ1n) is 9.28. The van der Waals surface area contributed by atoms with Crippen molar-refractivity contribution >= 4 is 28.3 Å². The summed E-state index contributed by atoms with van der Waals surface area (Å²) in [5.41, 5.74) is 1.29. The van der Waals surface area contributed by atoms with Gasteiger partial charge in [0, 0.05) is 16.5 Å². The normalized spacial score (nSPS) is 19.7. The Labute approximate surface area is 162 Å². The van der Waals surface area contributed by atoms with Crippen LogP contribution in [0.2, 0.25) is 5.02 Å². The number of hydrogen-bond donors (Lipinski definition) is 2. The van der Waals surface area contributed by atoms with Crippen molar-refractivity contribution in [1.29, 1.82) is 0 Å². The van der Waals surface area contributed by atoms with Crippen molar-refractivity contribution in [2.24, 2.45) is 0 Å². The zero-order valence-electron chi connectivity index (χ0n) is 14.9. The molecule has 2 N–H and O–H groups in total. The number of H-pyrrole nitrogens is 1. The number of halogens is 1. The molecule has 0 saturated heterocycles. The highest BCUT2D eigenvalue weighted by Gasteiger charge is 2.25. The Morgan fingerprint density at radius 1 is 1.07 bits per heavy atom. The van der Waals surface area contributed by atoms with Crippen LogP contribution in [0, 0.1) is 0 Å². The molecule has 1 aromatic heterocycles. The largest absolute Gasteiger partial charge is 0.348 e. The standard InChI is InChI=1S/C22H21ClN2O2/c23-17-8-3-6-14(11-17)15-7-4-9-18(12-15)24-22(27)20-13-16-5-1-2-10-19(16)21(26)25-20/h1-3,5-6,8,10-11,13,15,18H,4,7,9,12H2,(H,24,27)(H,25,26). The molecule has 1 aliphatic carbocycles. The molecule has 27 heavy (non-hydrogen) atoms. The van der Waals surface area contributed by atoms with Gasteiger partial charge in [-0.15, -0.1) is 0 Å². The van der Waals surface area contributed by atoms with E-state index >= 15 is 0 Å². The molecule has 5 heteroatoms. The van der Waals surface area contributed by atoms with Crippen molar-refractivity contribution in [3.05, 3.63) is 81.2 Å². The fourth-order valence-electron chi connectivity index (χ4n) is 3.98. The lowest BCUT2D eigenvalue weighted by Crippen LogP contribution is -2.38. The first kappa shape index (κ1) is 17.8. The number of carbonyl (C=O) groups is 1. The van der Waals surface area contributed by atoms with E-state index in [9.17, 15) is 9.59 Å². The second-order valence-electron chi connectivity index (χ2n) is 7.19. The summed E-state index contributed by atoms with van der Waals surface area (Å²) in [5.74, 6) is 0.160. The molecule has 1 heterocycles. The third-order valence-corrected chi connectivity index (χ3v) is 5.56. The van der Waals surface area contributed by atoms with Crippen molar-refractivity contribution < 1.29 is 4.79 Å². The average Bonchev–Trinajstić information content (AvgIpc) is 2.68. The van der Waals surface area contributed by atoms with E-state index in [2.05, 4.69) is 16.4 Å². The first-order valence-corrected chi connectivity index (χ1v) is 9.66. The maximum Gasteiger partial charge on any atom is 0.268 e. The fourth-order valence-corrected chi connectivity index (χ4v) is 4.18. The second kappa shape index (κ2) is 7.57. The molecule has 0 spiro atoms. The molecular weight excluding hydrogens is 360 g/mol. The summed E-state index contributed by atoms with van der Waals surface area (Å²) >= 11 is 6.12. The van der Waals surface area contributed by atoms with Gasteiger partial charge in [-0.1, -0.05) is 48.4 Å². The Bertz CT molecular complexity index is 1040. The molecule has 138 valence electrons. The summed E-state index contributed by atoms with van der Waals surface area (Å²) in [7, 11) is 0. The Balaban J connectivity index is 1.50. The molecule has 4 rings (SSSR count). The van der Waals surface area contributed by atoms with E-state index in [-0.39, 0.29) is 17.5 Å². The van der Waals surface area contributed by atoms with E-state index in [4.69, 9.17) is 11.6 Å². The molecule has 0 bridgehead atoms. The molecule has 1 aliphatic rings. The van der Waals surface area contributed by atoms with Gasteiger partial charge in [-0.3, -0.25) is 9.59 Å². The topological polar surface area (TPSA) is 62.0 Å². The van der Waals surface area contributed by atoms with Crippen molar-refractivity contribution in [2.45, 2.75) is 37.6 Å². The van der Waals surface area contributed by atoms with Crippen molar-refractivity contribution in [3.63, 3.8) is 0 Å². The number of aromatic nitrogens is 1. The number of hydrogen-bond acceptors (Lipinski definition) is 2. The quantitative estimate of drug-likeness (QED) is 0.695. The lowest BCUT2D eigenvalue weighted by Gasteiger charge is -2.30. The number of carbonyl (C=O) groups excluding carboxylic acids is 1. The van der Waals surface area contributed by atoms with Gasteiger partial charge in [0.25, 0.3) is 11.5 Å².